The minimum Gasteiger partial charge on any atom is -0.388 e. The second-order valence-electron chi connectivity index (χ2n) is 8.98. The average Bonchev–Trinajstić information content (AvgIpc) is 2.86. The van der Waals surface area contributed by atoms with Crippen molar-refractivity contribution < 1.29 is 9.90 Å². The first-order valence-electron chi connectivity index (χ1n) is 11.6. The van der Waals surface area contributed by atoms with Crippen molar-refractivity contribution in [2.75, 3.05) is 13.1 Å². The Labute approximate surface area is 199 Å². The molecule has 1 aromatic heterocycles. The number of aliphatic hydroxyl groups is 1. The Balaban J connectivity index is 1.33. The summed E-state index contributed by atoms with van der Waals surface area (Å²) in [7, 11) is 0. The first kappa shape index (κ1) is 23.5. The van der Waals surface area contributed by atoms with Gasteiger partial charge in [0.25, 0.3) is 5.56 Å². The predicted molar refractivity (Wildman–Crippen MR) is 131 cm³/mol. The molecule has 1 N–H and O–H groups in total. The van der Waals surface area contributed by atoms with Gasteiger partial charge >= 0.3 is 0 Å². The fraction of sp³-hybridized carbons (Fsp3) is 0.321. The molecule has 1 amide bonds. The smallest absolute Gasteiger partial charge is 0.254 e. The first-order chi connectivity index (χ1) is 16.4. The summed E-state index contributed by atoms with van der Waals surface area (Å²) < 4.78 is 1.42. The van der Waals surface area contributed by atoms with Gasteiger partial charge < -0.3 is 10.0 Å². The molecule has 4 rings (SSSR count). The van der Waals surface area contributed by atoms with E-state index >= 15 is 0 Å². The molecule has 0 saturated carbocycles. The molecule has 1 saturated heterocycles. The lowest BCUT2D eigenvalue weighted by Crippen LogP contribution is -2.49. The molecule has 2 heterocycles. The number of hydrogen-bond acceptors (Lipinski definition) is 4. The second kappa shape index (κ2) is 10.5. The lowest BCUT2D eigenvalue weighted by molar-refractivity contribution is -0.136. The lowest BCUT2D eigenvalue weighted by Gasteiger charge is -2.38. The zero-order valence-corrected chi connectivity index (χ0v) is 19.4. The Hall–Kier alpha value is -3.69. The molecular weight excluding hydrogens is 426 g/mol. The summed E-state index contributed by atoms with van der Waals surface area (Å²) >= 11 is 0. The van der Waals surface area contributed by atoms with Crippen LogP contribution in [-0.4, -0.2) is 44.2 Å². The van der Waals surface area contributed by atoms with E-state index in [9.17, 15) is 14.7 Å². The SMILES string of the molecule is C[C@H](CC(=O)N1CCC(O)(Cn2cnc(C#Cc3ccccc3)cc2=O)CC1)c1ccccc1. The van der Waals surface area contributed by atoms with Crippen LogP contribution >= 0.6 is 0 Å². The van der Waals surface area contributed by atoms with Crippen LogP contribution in [0, 0.1) is 11.8 Å². The summed E-state index contributed by atoms with van der Waals surface area (Å²) in [6.45, 7) is 3.15. The minimum atomic E-state index is -1.05. The van der Waals surface area contributed by atoms with Gasteiger partial charge in [-0.05, 0) is 42.4 Å². The van der Waals surface area contributed by atoms with Crippen LogP contribution in [0.15, 0.2) is 77.9 Å². The number of amides is 1. The molecule has 174 valence electrons. The molecule has 1 atom stereocenters. The summed E-state index contributed by atoms with van der Waals surface area (Å²) in [6.07, 6.45) is 2.71. The molecule has 6 nitrogen and oxygen atoms in total. The monoisotopic (exact) mass is 455 g/mol. The Kier molecular flexibility index (Phi) is 7.24. The van der Waals surface area contributed by atoms with Gasteiger partial charge in [0.1, 0.15) is 5.69 Å². The zero-order valence-electron chi connectivity index (χ0n) is 19.4. The zero-order chi connectivity index (χ0) is 24.0. The molecule has 0 aliphatic carbocycles. The number of piperidine rings is 1. The van der Waals surface area contributed by atoms with Crippen molar-refractivity contribution in [3.8, 4) is 11.8 Å². The Morgan fingerprint density at radius 3 is 2.35 bits per heavy atom. The van der Waals surface area contributed by atoms with E-state index in [-0.39, 0.29) is 23.9 Å². The van der Waals surface area contributed by atoms with Crippen LogP contribution in [0.1, 0.15) is 48.9 Å². The molecule has 1 aliphatic rings. The van der Waals surface area contributed by atoms with Gasteiger partial charge in [-0.15, -0.1) is 0 Å². The molecule has 3 aromatic rings. The second-order valence-corrected chi connectivity index (χ2v) is 8.98. The van der Waals surface area contributed by atoms with Gasteiger partial charge in [0.15, 0.2) is 0 Å². The van der Waals surface area contributed by atoms with Gasteiger partial charge in [0.05, 0.1) is 18.5 Å². The summed E-state index contributed by atoms with van der Waals surface area (Å²) in [6, 6.07) is 20.9. The number of carbonyl (C=O) groups excluding carboxylic acids is 1. The highest BCUT2D eigenvalue weighted by Crippen LogP contribution is 2.26. The van der Waals surface area contributed by atoms with Gasteiger partial charge in [-0.25, -0.2) is 4.98 Å². The molecular formula is C28H29N3O3. The predicted octanol–water partition coefficient (Wildman–Crippen LogP) is 3.19. The molecule has 34 heavy (non-hydrogen) atoms. The summed E-state index contributed by atoms with van der Waals surface area (Å²) in [5, 5.41) is 11.1. The van der Waals surface area contributed by atoms with E-state index in [4.69, 9.17) is 0 Å². The third-order valence-electron chi connectivity index (χ3n) is 6.35. The standard InChI is InChI=1S/C28H29N3O3/c1-22(24-10-6-3-7-11-24)18-26(32)30-16-14-28(34,15-17-30)20-31-21-29-25(19-27(31)33)13-12-23-8-4-2-5-9-23/h2-11,19,21-22,34H,14-18,20H2,1H3/t22-/m1/s1. The van der Waals surface area contributed by atoms with Crippen LogP contribution in [0.25, 0.3) is 0 Å². The minimum absolute atomic E-state index is 0.0959. The molecule has 1 fully saturated rings. The quantitative estimate of drug-likeness (QED) is 0.600. The van der Waals surface area contributed by atoms with Crippen LogP contribution in [-0.2, 0) is 11.3 Å². The van der Waals surface area contributed by atoms with Crippen molar-refractivity contribution in [2.24, 2.45) is 0 Å². The van der Waals surface area contributed by atoms with Crippen LogP contribution < -0.4 is 5.56 Å². The van der Waals surface area contributed by atoms with Crippen molar-refractivity contribution in [3.63, 3.8) is 0 Å². The topological polar surface area (TPSA) is 75.4 Å². The van der Waals surface area contributed by atoms with Crippen molar-refractivity contribution in [3.05, 3.63) is 100 Å². The van der Waals surface area contributed by atoms with Crippen LogP contribution in [0.5, 0.6) is 0 Å². The highest BCUT2D eigenvalue weighted by atomic mass is 16.3. The highest BCUT2D eigenvalue weighted by Gasteiger charge is 2.34. The van der Waals surface area contributed by atoms with E-state index < -0.39 is 5.60 Å². The third-order valence-corrected chi connectivity index (χ3v) is 6.35. The first-order valence-corrected chi connectivity index (χ1v) is 11.6. The molecule has 0 radical (unpaired) electrons. The number of carbonyl (C=O) groups is 1. The molecule has 6 heteroatoms. The molecule has 0 unspecified atom stereocenters. The molecule has 1 aliphatic heterocycles. The van der Waals surface area contributed by atoms with Gasteiger partial charge in [0, 0.05) is 31.1 Å². The van der Waals surface area contributed by atoms with Gasteiger partial charge in [-0.1, -0.05) is 61.4 Å². The Morgan fingerprint density at radius 2 is 1.71 bits per heavy atom. The fourth-order valence-electron chi connectivity index (χ4n) is 4.21. The number of aromatic nitrogens is 2. The van der Waals surface area contributed by atoms with Crippen molar-refractivity contribution in [2.45, 2.75) is 44.2 Å². The summed E-state index contributed by atoms with van der Waals surface area (Å²) in [5.41, 5.74) is 1.08. The van der Waals surface area contributed by atoms with Crippen molar-refractivity contribution >= 4 is 5.91 Å². The van der Waals surface area contributed by atoms with E-state index in [1.807, 2.05) is 65.6 Å². The Morgan fingerprint density at radius 1 is 1.06 bits per heavy atom. The maximum atomic E-state index is 12.8. The van der Waals surface area contributed by atoms with Gasteiger partial charge in [-0.2, -0.15) is 0 Å². The highest BCUT2D eigenvalue weighted by molar-refractivity contribution is 5.77. The number of rotatable bonds is 5. The van der Waals surface area contributed by atoms with Crippen LogP contribution in [0.3, 0.4) is 0 Å². The van der Waals surface area contributed by atoms with E-state index in [1.54, 1.807) is 0 Å². The largest absolute Gasteiger partial charge is 0.388 e. The maximum Gasteiger partial charge on any atom is 0.254 e. The van der Waals surface area contributed by atoms with Crippen LogP contribution in [0.4, 0.5) is 0 Å². The number of benzene rings is 2. The van der Waals surface area contributed by atoms with E-state index in [2.05, 4.69) is 23.7 Å². The number of likely N-dealkylation sites (tertiary alicyclic amines) is 1. The number of hydrogen-bond donors (Lipinski definition) is 1. The van der Waals surface area contributed by atoms with Gasteiger partial charge in [0.2, 0.25) is 5.91 Å². The van der Waals surface area contributed by atoms with E-state index in [1.165, 1.54) is 17.0 Å². The number of nitrogens with zero attached hydrogens (tertiary/aromatic N) is 3. The average molecular weight is 456 g/mol. The molecule has 0 bridgehead atoms. The van der Waals surface area contributed by atoms with Crippen molar-refractivity contribution in [1.29, 1.82) is 0 Å². The molecule has 0 spiro atoms. The Bertz CT molecular complexity index is 1230. The summed E-state index contributed by atoms with van der Waals surface area (Å²) in [5.74, 6) is 6.13. The van der Waals surface area contributed by atoms with E-state index in [0.29, 0.717) is 38.0 Å². The van der Waals surface area contributed by atoms with Gasteiger partial charge in [-0.3, -0.25) is 14.2 Å². The third kappa shape index (κ3) is 6.00. The maximum absolute atomic E-state index is 12.8. The lowest BCUT2D eigenvalue weighted by atomic mass is 9.90. The summed E-state index contributed by atoms with van der Waals surface area (Å²) in [4.78, 5) is 31.4. The fourth-order valence-corrected chi connectivity index (χ4v) is 4.21. The van der Waals surface area contributed by atoms with Crippen LogP contribution in [0.2, 0.25) is 0 Å². The van der Waals surface area contributed by atoms with E-state index in [0.717, 1.165) is 11.1 Å². The van der Waals surface area contributed by atoms with Crippen molar-refractivity contribution in [1.82, 2.24) is 14.5 Å². The molecule has 2 aromatic carbocycles. The normalized spacial score (nSPS) is 15.8.